The van der Waals surface area contributed by atoms with Crippen LogP contribution in [-0.2, 0) is 4.79 Å². The van der Waals surface area contributed by atoms with Crippen LogP contribution in [0.2, 0.25) is 0 Å². The van der Waals surface area contributed by atoms with Gasteiger partial charge in [-0.1, -0.05) is 18.9 Å². The number of aromatic nitrogens is 3. The first-order chi connectivity index (χ1) is 20.1. The Morgan fingerprint density at radius 3 is 2.55 bits per heavy atom. The molecule has 9 nitrogen and oxygen atoms in total. The highest BCUT2D eigenvalue weighted by atomic mass is 19.3. The van der Waals surface area contributed by atoms with Crippen molar-refractivity contribution in [2.75, 3.05) is 7.11 Å². The van der Waals surface area contributed by atoms with Gasteiger partial charge in [0.1, 0.15) is 11.9 Å². The molecule has 5 rings (SSSR count). The van der Waals surface area contributed by atoms with Gasteiger partial charge in [0, 0.05) is 41.7 Å². The topological polar surface area (TPSA) is 107 Å². The number of pyridine rings is 1. The molecule has 2 heterocycles. The minimum absolute atomic E-state index is 0.1000. The van der Waals surface area contributed by atoms with Crippen LogP contribution in [-0.4, -0.2) is 51.7 Å². The highest BCUT2D eigenvalue weighted by Crippen LogP contribution is 2.30. The Hall–Kier alpha value is -4.54. The summed E-state index contributed by atoms with van der Waals surface area (Å²) < 4.78 is 40.4. The van der Waals surface area contributed by atoms with E-state index in [0.717, 1.165) is 42.3 Å². The van der Waals surface area contributed by atoms with E-state index in [9.17, 15) is 18.4 Å². The number of rotatable bonds is 10. The zero-order valence-electron chi connectivity index (χ0n) is 23.6. The smallest absolute Gasteiger partial charge is 0.321 e. The molecule has 1 aliphatic carbocycles. The molecule has 4 aromatic rings. The average Bonchev–Trinajstić information content (AvgIpc) is 3.65. The Morgan fingerprint density at radius 2 is 1.86 bits per heavy atom. The quantitative estimate of drug-likeness (QED) is 0.262. The Kier molecular flexibility index (Phi) is 8.37. The second kappa shape index (κ2) is 12.1. The molecule has 2 amide bonds. The average molecular weight is 578 g/mol. The highest BCUT2D eigenvalue weighted by Gasteiger charge is 2.35. The molecule has 2 aromatic heterocycles. The maximum Gasteiger partial charge on any atom is 0.321 e. The van der Waals surface area contributed by atoms with E-state index in [1.807, 2.05) is 24.3 Å². The normalized spacial score (nSPS) is 15.3. The van der Waals surface area contributed by atoms with E-state index in [0.29, 0.717) is 29.7 Å². The van der Waals surface area contributed by atoms with Gasteiger partial charge in [-0.15, -0.1) is 0 Å². The first-order valence-corrected chi connectivity index (χ1v) is 13.9. The van der Waals surface area contributed by atoms with Crippen molar-refractivity contribution in [3.63, 3.8) is 0 Å². The van der Waals surface area contributed by atoms with E-state index in [2.05, 4.69) is 20.7 Å². The van der Waals surface area contributed by atoms with Gasteiger partial charge in [-0.2, -0.15) is 13.9 Å². The maximum absolute atomic E-state index is 13.6. The summed E-state index contributed by atoms with van der Waals surface area (Å²) in [6.07, 6.45) is 6.64. The largest absolute Gasteiger partial charge is 0.484 e. The lowest BCUT2D eigenvalue weighted by atomic mass is 10.0. The predicted octanol–water partition coefficient (Wildman–Crippen LogP) is 5.38. The fourth-order valence-electron chi connectivity index (χ4n) is 5.10. The molecule has 0 aliphatic heterocycles. The first kappa shape index (κ1) is 29.0. The monoisotopic (exact) mass is 577 g/mol. The van der Waals surface area contributed by atoms with Crippen molar-refractivity contribution in [3.05, 3.63) is 78.1 Å². The van der Waals surface area contributed by atoms with E-state index in [1.165, 1.54) is 13.3 Å². The maximum atomic E-state index is 13.6. The number of fused-ring (bicyclic) bond motifs is 1. The molecule has 42 heavy (non-hydrogen) atoms. The second-order valence-corrected chi connectivity index (χ2v) is 10.6. The Bertz CT molecular complexity index is 1560. The number of hydrogen-bond acceptors (Lipinski definition) is 6. The van der Waals surface area contributed by atoms with Crippen LogP contribution in [0.15, 0.2) is 67.0 Å². The van der Waals surface area contributed by atoms with Crippen LogP contribution in [0.25, 0.3) is 16.6 Å². The molecule has 0 radical (unpaired) electrons. The molecular weight excluding hydrogens is 544 g/mol. The van der Waals surface area contributed by atoms with Crippen LogP contribution in [0.3, 0.4) is 0 Å². The molecule has 1 aliphatic rings. The molecule has 0 saturated heterocycles. The van der Waals surface area contributed by atoms with Gasteiger partial charge in [0.05, 0.1) is 30.6 Å². The third-order valence-electron chi connectivity index (χ3n) is 7.35. The Labute approximate surface area is 242 Å². The van der Waals surface area contributed by atoms with Crippen molar-refractivity contribution in [3.8, 4) is 17.3 Å². The van der Waals surface area contributed by atoms with Gasteiger partial charge >= 0.3 is 5.92 Å². The zero-order chi connectivity index (χ0) is 29.9. The van der Waals surface area contributed by atoms with Crippen LogP contribution in [0.4, 0.5) is 8.78 Å². The Morgan fingerprint density at radius 1 is 1.07 bits per heavy atom. The summed E-state index contributed by atoms with van der Waals surface area (Å²) in [7, 11) is 1.49. The van der Waals surface area contributed by atoms with Crippen LogP contribution < -0.4 is 20.1 Å². The van der Waals surface area contributed by atoms with Gasteiger partial charge in [0.25, 0.3) is 11.8 Å². The minimum Gasteiger partial charge on any atom is -0.484 e. The van der Waals surface area contributed by atoms with Crippen LogP contribution >= 0.6 is 0 Å². The number of carbonyl (C=O) groups excluding carboxylic acids is 2. The molecule has 0 spiro atoms. The number of alkyl halides is 2. The third-order valence-corrected chi connectivity index (χ3v) is 7.35. The fraction of sp³-hybridized carbons (Fsp3) is 0.355. The summed E-state index contributed by atoms with van der Waals surface area (Å²) >= 11 is 0. The number of amides is 2. The third kappa shape index (κ3) is 6.50. The van der Waals surface area contributed by atoms with Gasteiger partial charge < -0.3 is 20.1 Å². The van der Waals surface area contributed by atoms with Crippen LogP contribution in [0, 0.1) is 0 Å². The summed E-state index contributed by atoms with van der Waals surface area (Å²) in [6.45, 7) is 2.13. The molecule has 0 unspecified atom stereocenters. The van der Waals surface area contributed by atoms with Crippen molar-refractivity contribution >= 4 is 22.7 Å². The second-order valence-electron chi connectivity index (χ2n) is 10.6. The number of hydrogen-bond donors (Lipinski definition) is 2. The predicted molar refractivity (Wildman–Crippen MR) is 153 cm³/mol. The fourth-order valence-corrected chi connectivity index (χ4v) is 5.10. The van der Waals surface area contributed by atoms with Crippen molar-refractivity contribution in [2.45, 2.75) is 63.6 Å². The van der Waals surface area contributed by atoms with E-state index < -0.39 is 24.0 Å². The molecule has 2 aromatic carbocycles. The molecule has 0 bridgehead atoms. The van der Waals surface area contributed by atoms with Gasteiger partial charge in [-0.05, 0) is 62.2 Å². The molecule has 1 fully saturated rings. The lowest BCUT2D eigenvalue weighted by Gasteiger charge is -2.27. The molecule has 2 atom stereocenters. The van der Waals surface area contributed by atoms with Crippen LogP contribution in [0.1, 0.15) is 61.6 Å². The zero-order valence-corrected chi connectivity index (χ0v) is 23.6. The number of ether oxygens (including phenoxy) is 2. The van der Waals surface area contributed by atoms with Gasteiger partial charge in [-0.3, -0.25) is 9.59 Å². The SMILES string of the molecule is COc1ccc([C@@H](Oc2ccc3c(cnn3-c3cccc(C(=O)NC4CCCC4)c3)c2)[C@H](C)NC(=O)C(C)(F)F)cn1. The van der Waals surface area contributed by atoms with E-state index in [-0.39, 0.29) is 11.9 Å². The number of methoxy groups -OCH3 is 1. The standard InChI is InChI=1S/C31H33F2N5O4/c1-19(36-30(40)31(2,32)33)28(21-11-14-27(41-3)34-17-21)42-25-12-13-26-22(16-25)18-35-38(26)24-10-6-7-20(15-24)29(39)37-23-8-4-5-9-23/h6-7,10-19,23,28H,4-5,8-9H2,1-3H3,(H,36,40)(H,37,39)/t19-,28-/m0/s1. The molecular formula is C31H33F2N5O4. The van der Waals surface area contributed by atoms with Crippen molar-refractivity contribution in [2.24, 2.45) is 0 Å². The van der Waals surface area contributed by atoms with Gasteiger partial charge in [0.15, 0.2) is 0 Å². The van der Waals surface area contributed by atoms with Gasteiger partial charge in [0.2, 0.25) is 5.88 Å². The van der Waals surface area contributed by atoms with Gasteiger partial charge in [-0.25, -0.2) is 9.67 Å². The van der Waals surface area contributed by atoms with E-state index in [1.54, 1.807) is 48.1 Å². The summed E-state index contributed by atoms with van der Waals surface area (Å²) in [4.78, 5) is 29.1. The molecule has 220 valence electrons. The number of nitrogens with zero attached hydrogens (tertiary/aromatic N) is 3. The number of carbonyl (C=O) groups is 2. The van der Waals surface area contributed by atoms with Crippen molar-refractivity contribution < 1.29 is 27.8 Å². The highest BCUT2D eigenvalue weighted by molar-refractivity contribution is 5.95. The summed E-state index contributed by atoms with van der Waals surface area (Å²) in [5.74, 6) is -4.23. The summed E-state index contributed by atoms with van der Waals surface area (Å²) in [6, 6.07) is 15.4. The van der Waals surface area contributed by atoms with E-state index in [4.69, 9.17) is 9.47 Å². The van der Waals surface area contributed by atoms with Crippen LogP contribution in [0.5, 0.6) is 11.6 Å². The molecule has 1 saturated carbocycles. The van der Waals surface area contributed by atoms with Crippen molar-refractivity contribution in [1.82, 2.24) is 25.4 Å². The lowest BCUT2D eigenvalue weighted by molar-refractivity contribution is -0.144. The summed E-state index contributed by atoms with van der Waals surface area (Å²) in [5.41, 5.74) is 2.64. The number of halogens is 2. The Balaban J connectivity index is 1.39. The van der Waals surface area contributed by atoms with E-state index >= 15 is 0 Å². The number of nitrogens with one attached hydrogen (secondary N) is 2. The molecule has 2 N–H and O–H groups in total. The first-order valence-electron chi connectivity index (χ1n) is 13.9. The molecule has 11 heteroatoms. The minimum atomic E-state index is -3.54. The lowest BCUT2D eigenvalue weighted by Crippen LogP contribution is -2.46. The number of benzene rings is 2. The van der Waals surface area contributed by atoms with Crippen molar-refractivity contribution in [1.29, 1.82) is 0 Å². The summed E-state index contributed by atoms with van der Waals surface area (Å²) in [5, 5.41) is 10.8.